The van der Waals surface area contributed by atoms with Crippen molar-refractivity contribution in [1.82, 2.24) is 25.6 Å². The molecule has 0 spiro atoms. The molecule has 0 radical (unpaired) electrons. The van der Waals surface area contributed by atoms with E-state index in [9.17, 15) is 4.79 Å². The topological polar surface area (TPSA) is 81.1 Å². The Kier molecular flexibility index (Phi) is 4.05. The molecule has 1 aromatic rings. The van der Waals surface area contributed by atoms with Gasteiger partial charge in [-0.3, -0.25) is 4.79 Å². The summed E-state index contributed by atoms with van der Waals surface area (Å²) in [4.78, 5) is 11.7. The van der Waals surface area contributed by atoms with Crippen molar-refractivity contribution in [3.8, 4) is 0 Å². The molecular weight excluding hydrogens is 222 g/mol. The van der Waals surface area contributed by atoms with E-state index < -0.39 is 0 Å². The molecule has 0 aliphatic carbocycles. The van der Waals surface area contributed by atoms with Crippen molar-refractivity contribution in [1.29, 1.82) is 0 Å². The molecule has 0 unspecified atom stereocenters. The van der Waals surface area contributed by atoms with Crippen LogP contribution in [0.2, 0.25) is 0 Å². The zero-order chi connectivity index (χ0) is 12.1. The van der Waals surface area contributed by atoms with Crippen molar-refractivity contribution < 1.29 is 9.53 Å². The fraction of sp³-hybridized carbons (Fsp3) is 0.700. The number of amides is 1. The number of nitrogens with one attached hydrogen (secondary N) is 2. The van der Waals surface area contributed by atoms with Gasteiger partial charge in [-0.1, -0.05) is 5.21 Å². The minimum absolute atomic E-state index is 0.205. The van der Waals surface area contributed by atoms with Gasteiger partial charge in [-0.2, -0.15) is 0 Å². The molecule has 1 amide bonds. The maximum Gasteiger partial charge on any atom is 0.273 e. The number of carbonyl (C=O) groups is 1. The molecule has 1 aliphatic heterocycles. The minimum atomic E-state index is -0.205. The third-order valence-electron chi connectivity index (χ3n) is 2.61. The number of hydrogen-bond donors (Lipinski definition) is 2. The van der Waals surface area contributed by atoms with E-state index in [-0.39, 0.29) is 5.91 Å². The van der Waals surface area contributed by atoms with Gasteiger partial charge < -0.3 is 15.4 Å². The summed E-state index contributed by atoms with van der Waals surface area (Å²) in [6, 6.07) is 0.326. The average molecular weight is 239 g/mol. The smallest absolute Gasteiger partial charge is 0.273 e. The monoisotopic (exact) mass is 239 g/mol. The lowest BCUT2D eigenvalue weighted by Crippen LogP contribution is -2.43. The number of carbonyl (C=O) groups excluding carboxylic acids is 1. The van der Waals surface area contributed by atoms with Crippen molar-refractivity contribution in [2.75, 3.05) is 32.8 Å². The molecule has 7 nitrogen and oxygen atoms in total. The fourth-order valence-electron chi connectivity index (χ4n) is 1.49. The standard InChI is InChI=1S/C10H17N5O2/c1-2-17-4-3-12-10(16)9-7-15(14-13-9)8-5-11-6-8/h7-8,11H,2-6H2,1H3,(H,12,16). The summed E-state index contributed by atoms with van der Waals surface area (Å²) in [7, 11) is 0. The molecule has 2 heterocycles. The van der Waals surface area contributed by atoms with Crippen LogP contribution < -0.4 is 10.6 Å². The molecule has 94 valence electrons. The Balaban J connectivity index is 1.80. The summed E-state index contributed by atoms with van der Waals surface area (Å²) in [6.07, 6.45) is 1.68. The van der Waals surface area contributed by atoms with Crippen LogP contribution in [0.25, 0.3) is 0 Å². The Hall–Kier alpha value is -1.47. The molecule has 0 saturated carbocycles. The summed E-state index contributed by atoms with van der Waals surface area (Å²) in [5, 5.41) is 13.7. The second-order valence-corrected chi connectivity index (χ2v) is 3.85. The van der Waals surface area contributed by atoms with Gasteiger partial charge in [0.05, 0.1) is 18.8 Å². The van der Waals surface area contributed by atoms with Crippen LogP contribution >= 0.6 is 0 Å². The zero-order valence-electron chi connectivity index (χ0n) is 9.85. The van der Waals surface area contributed by atoms with Crippen LogP contribution in [0.5, 0.6) is 0 Å². The van der Waals surface area contributed by atoms with Crippen LogP contribution in [0.15, 0.2) is 6.20 Å². The van der Waals surface area contributed by atoms with E-state index in [0.29, 0.717) is 31.5 Å². The molecule has 1 saturated heterocycles. The van der Waals surface area contributed by atoms with Crippen LogP contribution in [0, 0.1) is 0 Å². The quantitative estimate of drug-likeness (QED) is 0.634. The summed E-state index contributed by atoms with van der Waals surface area (Å²) < 4.78 is 6.86. The molecule has 17 heavy (non-hydrogen) atoms. The summed E-state index contributed by atoms with van der Waals surface area (Å²) in [5.41, 5.74) is 0.355. The van der Waals surface area contributed by atoms with Crippen molar-refractivity contribution in [2.24, 2.45) is 0 Å². The third kappa shape index (κ3) is 3.01. The normalized spacial score (nSPS) is 15.6. The second-order valence-electron chi connectivity index (χ2n) is 3.85. The van der Waals surface area contributed by atoms with Gasteiger partial charge in [0.2, 0.25) is 0 Å². The van der Waals surface area contributed by atoms with Gasteiger partial charge in [-0.25, -0.2) is 4.68 Å². The Morgan fingerprint density at radius 3 is 3.18 bits per heavy atom. The SMILES string of the molecule is CCOCCNC(=O)c1cn(C2CNC2)nn1. The lowest BCUT2D eigenvalue weighted by molar-refractivity contribution is 0.0917. The van der Waals surface area contributed by atoms with E-state index in [1.807, 2.05) is 6.92 Å². The number of rotatable bonds is 6. The van der Waals surface area contributed by atoms with Crippen LogP contribution in [0.3, 0.4) is 0 Å². The molecular formula is C10H17N5O2. The lowest BCUT2D eigenvalue weighted by Gasteiger charge is -2.26. The van der Waals surface area contributed by atoms with Gasteiger partial charge in [-0.05, 0) is 6.92 Å². The molecule has 0 aromatic carbocycles. The molecule has 1 aliphatic rings. The summed E-state index contributed by atoms with van der Waals surface area (Å²) >= 11 is 0. The number of nitrogens with zero attached hydrogens (tertiary/aromatic N) is 3. The van der Waals surface area contributed by atoms with Crippen molar-refractivity contribution >= 4 is 5.91 Å². The van der Waals surface area contributed by atoms with Crippen LogP contribution in [-0.2, 0) is 4.74 Å². The van der Waals surface area contributed by atoms with Gasteiger partial charge in [-0.15, -0.1) is 5.10 Å². The fourth-order valence-corrected chi connectivity index (χ4v) is 1.49. The Bertz CT molecular complexity index is 375. The number of ether oxygens (including phenoxy) is 1. The van der Waals surface area contributed by atoms with E-state index in [1.165, 1.54) is 0 Å². The van der Waals surface area contributed by atoms with Gasteiger partial charge in [0.1, 0.15) is 0 Å². The minimum Gasteiger partial charge on any atom is -0.380 e. The van der Waals surface area contributed by atoms with Crippen molar-refractivity contribution in [2.45, 2.75) is 13.0 Å². The maximum absolute atomic E-state index is 11.7. The first-order valence-corrected chi connectivity index (χ1v) is 5.79. The lowest BCUT2D eigenvalue weighted by atomic mass is 10.2. The van der Waals surface area contributed by atoms with E-state index in [4.69, 9.17) is 4.74 Å². The zero-order valence-corrected chi connectivity index (χ0v) is 9.85. The number of aromatic nitrogens is 3. The van der Waals surface area contributed by atoms with Gasteiger partial charge in [0.15, 0.2) is 5.69 Å². The van der Waals surface area contributed by atoms with E-state index >= 15 is 0 Å². The van der Waals surface area contributed by atoms with Crippen LogP contribution in [0.1, 0.15) is 23.5 Å². The van der Waals surface area contributed by atoms with Crippen molar-refractivity contribution in [3.05, 3.63) is 11.9 Å². The Morgan fingerprint density at radius 2 is 2.53 bits per heavy atom. The van der Waals surface area contributed by atoms with E-state index in [2.05, 4.69) is 20.9 Å². The van der Waals surface area contributed by atoms with Crippen LogP contribution in [-0.4, -0.2) is 53.7 Å². The molecule has 0 atom stereocenters. The van der Waals surface area contributed by atoms with Gasteiger partial charge >= 0.3 is 0 Å². The third-order valence-corrected chi connectivity index (χ3v) is 2.61. The predicted octanol–water partition coefficient (Wildman–Crippen LogP) is -0.811. The molecule has 7 heteroatoms. The van der Waals surface area contributed by atoms with Gasteiger partial charge in [0.25, 0.3) is 5.91 Å². The van der Waals surface area contributed by atoms with Gasteiger partial charge in [0, 0.05) is 26.2 Å². The van der Waals surface area contributed by atoms with Crippen LogP contribution in [0.4, 0.5) is 0 Å². The molecule has 0 bridgehead atoms. The highest BCUT2D eigenvalue weighted by Crippen LogP contribution is 2.09. The highest BCUT2D eigenvalue weighted by molar-refractivity contribution is 5.91. The first-order valence-electron chi connectivity index (χ1n) is 5.79. The highest BCUT2D eigenvalue weighted by atomic mass is 16.5. The van der Waals surface area contributed by atoms with Crippen molar-refractivity contribution in [3.63, 3.8) is 0 Å². The first kappa shape index (κ1) is 12.0. The van der Waals surface area contributed by atoms with E-state index in [0.717, 1.165) is 13.1 Å². The molecule has 2 rings (SSSR count). The predicted molar refractivity (Wildman–Crippen MR) is 60.8 cm³/mol. The average Bonchev–Trinajstić information content (AvgIpc) is 2.71. The molecule has 1 aromatic heterocycles. The van der Waals surface area contributed by atoms with E-state index in [1.54, 1.807) is 10.9 Å². The maximum atomic E-state index is 11.7. The molecule has 1 fully saturated rings. The Morgan fingerprint density at radius 1 is 1.71 bits per heavy atom. The highest BCUT2D eigenvalue weighted by Gasteiger charge is 2.21. The number of hydrogen-bond acceptors (Lipinski definition) is 5. The summed E-state index contributed by atoms with van der Waals surface area (Å²) in [6.45, 7) is 5.34. The largest absolute Gasteiger partial charge is 0.380 e. The summed E-state index contributed by atoms with van der Waals surface area (Å²) in [5.74, 6) is -0.205. The first-order chi connectivity index (χ1) is 8.31. The second kappa shape index (κ2) is 5.74. The Labute approximate surface area is 99.5 Å². The molecule has 2 N–H and O–H groups in total.